The molecule has 0 radical (unpaired) electrons. The Bertz CT molecular complexity index is 907. The fraction of sp³-hybridized carbons (Fsp3) is 0.0952. The molecule has 1 heterocycles. The highest BCUT2D eigenvalue weighted by Gasteiger charge is 2.18. The molecule has 0 unspecified atom stereocenters. The lowest BCUT2D eigenvalue weighted by Crippen LogP contribution is -2.04. The van der Waals surface area contributed by atoms with Crippen molar-refractivity contribution in [2.24, 2.45) is 4.99 Å². The van der Waals surface area contributed by atoms with Crippen LogP contribution in [0.4, 0.5) is 0 Å². The maximum atomic E-state index is 6.28. The van der Waals surface area contributed by atoms with Crippen molar-refractivity contribution in [1.82, 2.24) is 0 Å². The Balaban J connectivity index is 1.97. The van der Waals surface area contributed by atoms with E-state index in [1.165, 1.54) is 22.3 Å². The van der Waals surface area contributed by atoms with E-state index in [0.29, 0.717) is 6.54 Å². The zero-order valence-corrected chi connectivity index (χ0v) is 13.6. The van der Waals surface area contributed by atoms with Crippen molar-refractivity contribution < 1.29 is 0 Å². The van der Waals surface area contributed by atoms with Crippen LogP contribution in [0.15, 0.2) is 71.7 Å². The number of hydrogen-bond acceptors (Lipinski definition) is 1. The first kappa shape index (κ1) is 14.2. The molecule has 4 rings (SSSR count). The van der Waals surface area contributed by atoms with Crippen LogP contribution in [-0.4, -0.2) is 5.71 Å². The third-order valence-corrected chi connectivity index (χ3v) is 4.51. The van der Waals surface area contributed by atoms with Crippen LogP contribution in [0.25, 0.3) is 11.1 Å². The smallest absolute Gasteiger partial charge is 0.0729 e. The molecule has 0 saturated carbocycles. The van der Waals surface area contributed by atoms with Crippen molar-refractivity contribution in [3.05, 3.63) is 94.0 Å². The molecule has 0 aromatic heterocycles. The van der Waals surface area contributed by atoms with Crippen molar-refractivity contribution in [3.8, 4) is 11.1 Å². The lowest BCUT2D eigenvalue weighted by molar-refractivity contribution is 1.08. The van der Waals surface area contributed by atoms with Gasteiger partial charge in [-0.1, -0.05) is 71.8 Å². The van der Waals surface area contributed by atoms with Crippen LogP contribution in [0.2, 0.25) is 5.02 Å². The Morgan fingerprint density at radius 3 is 2.43 bits per heavy atom. The molecule has 0 spiro atoms. The second-order valence-corrected chi connectivity index (χ2v) is 6.31. The average molecular weight is 318 g/mol. The van der Waals surface area contributed by atoms with E-state index in [4.69, 9.17) is 16.6 Å². The predicted octanol–water partition coefficient (Wildman–Crippen LogP) is 5.67. The normalized spacial score (nSPS) is 12.9. The van der Waals surface area contributed by atoms with E-state index in [0.717, 1.165) is 21.9 Å². The number of benzene rings is 3. The monoisotopic (exact) mass is 317 g/mol. The van der Waals surface area contributed by atoms with Gasteiger partial charge in [-0.25, -0.2) is 0 Å². The second kappa shape index (κ2) is 5.68. The summed E-state index contributed by atoms with van der Waals surface area (Å²) >= 11 is 6.28. The van der Waals surface area contributed by atoms with Gasteiger partial charge in [0.25, 0.3) is 0 Å². The molecule has 1 aliphatic rings. The van der Waals surface area contributed by atoms with Gasteiger partial charge in [-0.15, -0.1) is 0 Å². The van der Waals surface area contributed by atoms with Gasteiger partial charge in [0, 0.05) is 16.1 Å². The molecule has 2 heteroatoms. The van der Waals surface area contributed by atoms with Crippen LogP contribution in [-0.2, 0) is 6.54 Å². The minimum absolute atomic E-state index is 0.686. The maximum absolute atomic E-state index is 6.28. The number of nitrogens with zero attached hydrogens (tertiary/aromatic N) is 1. The molecule has 23 heavy (non-hydrogen) atoms. The Morgan fingerprint density at radius 1 is 0.826 bits per heavy atom. The molecule has 1 nitrogen and oxygen atoms in total. The van der Waals surface area contributed by atoms with Crippen molar-refractivity contribution in [2.45, 2.75) is 13.5 Å². The first-order chi connectivity index (χ1) is 11.2. The van der Waals surface area contributed by atoms with E-state index in [9.17, 15) is 0 Å². The average Bonchev–Trinajstić information content (AvgIpc) is 2.72. The van der Waals surface area contributed by atoms with Crippen LogP contribution in [0.5, 0.6) is 0 Å². The predicted molar refractivity (Wildman–Crippen MR) is 97.4 cm³/mol. The van der Waals surface area contributed by atoms with E-state index in [2.05, 4.69) is 61.5 Å². The SMILES string of the molecule is Cc1ccc(C2=NCc3ccccc3-c3ccc(Cl)cc32)cc1. The summed E-state index contributed by atoms with van der Waals surface area (Å²) in [6.07, 6.45) is 0. The molecule has 0 saturated heterocycles. The van der Waals surface area contributed by atoms with Gasteiger partial charge in [-0.3, -0.25) is 4.99 Å². The van der Waals surface area contributed by atoms with Gasteiger partial charge in [-0.05, 0) is 35.7 Å². The zero-order chi connectivity index (χ0) is 15.8. The van der Waals surface area contributed by atoms with E-state index >= 15 is 0 Å². The minimum Gasteiger partial charge on any atom is -0.279 e. The van der Waals surface area contributed by atoms with Crippen molar-refractivity contribution >= 4 is 17.3 Å². The quantitative estimate of drug-likeness (QED) is 0.548. The largest absolute Gasteiger partial charge is 0.279 e. The van der Waals surface area contributed by atoms with Gasteiger partial charge in [0.15, 0.2) is 0 Å². The third-order valence-electron chi connectivity index (χ3n) is 4.28. The zero-order valence-electron chi connectivity index (χ0n) is 12.9. The lowest BCUT2D eigenvalue weighted by atomic mass is 9.92. The van der Waals surface area contributed by atoms with Gasteiger partial charge < -0.3 is 0 Å². The molecule has 3 aromatic rings. The first-order valence-electron chi connectivity index (χ1n) is 7.72. The Labute approximate surface area is 141 Å². The molecule has 1 aliphatic heterocycles. The van der Waals surface area contributed by atoms with E-state index < -0.39 is 0 Å². The molecule has 0 fully saturated rings. The van der Waals surface area contributed by atoms with E-state index in [1.807, 2.05) is 12.1 Å². The van der Waals surface area contributed by atoms with Crippen LogP contribution in [0, 0.1) is 6.92 Å². The van der Waals surface area contributed by atoms with Crippen molar-refractivity contribution in [1.29, 1.82) is 0 Å². The summed E-state index contributed by atoms with van der Waals surface area (Å²) in [5, 5.41) is 0.739. The Morgan fingerprint density at radius 2 is 1.61 bits per heavy atom. The summed E-state index contributed by atoms with van der Waals surface area (Å²) in [7, 11) is 0. The molecule has 0 bridgehead atoms. The number of aryl methyl sites for hydroxylation is 1. The van der Waals surface area contributed by atoms with E-state index in [1.54, 1.807) is 0 Å². The van der Waals surface area contributed by atoms with Crippen LogP contribution in [0.1, 0.15) is 22.3 Å². The Hall–Kier alpha value is -2.38. The summed E-state index contributed by atoms with van der Waals surface area (Å²) in [4.78, 5) is 4.90. The fourth-order valence-corrected chi connectivity index (χ4v) is 3.25. The van der Waals surface area contributed by atoms with Gasteiger partial charge >= 0.3 is 0 Å². The van der Waals surface area contributed by atoms with Gasteiger partial charge in [0.1, 0.15) is 0 Å². The highest BCUT2D eigenvalue weighted by Crippen LogP contribution is 2.34. The maximum Gasteiger partial charge on any atom is 0.0729 e. The van der Waals surface area contributed by atoms with Gasteiger partial charge in [0.2, 0.25) is 0 Å². The van der Waals surface area contributed by atoms with Crippen LogP contribution < -0.4 is 0 Å². The number of hydrogen-bond donors (Lipinski definition) is 0. The molecular formula is C21H16ClN. The van der Waals surface area contributed by atoms with Crippen LogP contribution in [0.3, 0.4) is 0 Å². The van der Waals surface area contributed by atoms with Crippen LogP contribution >= 0.6 is 11.6 Å². The summed E-state index contributed by atoms with van der Waals surface area (Å²) in [5.74, 6) is 0. The minimum atomic E-state index is 0.686. The molecule has 3 aromatic carbocycles. The molecule has 0 atom stereocenters. The fourth-order valence-electron chi connectivity index (χ4n) is 3.08. The Kier molecular flexibility index (Phi) is 3.51. The molecule has 0 N–H and O–H groups in total. The summed E-state index contributed by atoms with van der Waals surface area (Å²) in [6, 6.07) is 23.1. The summed E-state index contributed by atoms with van der Waals surface area (Å²) < 4.78 is 0. The standard InChI is InChI=1S/C21H16ClN/c1-14-6-8-15(9-7-14)21-20-12-17(22)10-11-19(20)18-5-3-2-4-16(18)13-23-21/h2-12H,13H2,1H3. The highest BCUT2D eigenvalue weighted by atomic mass is 35.5. The first-order valence-corrected chi connectivity index (χ1v) is 8.10. The van der Waals surface area contributed by atoms with Gasteiger partial charge in [-0.2, -0.15) is 0 Å². The van der Waals surface area contributed by atoms with Crippen molar-refractivity contribution in [2.75, 3.05) is 0 Å². The number of halogens is 1. The molecule has 0 amide bonds. The number of fused-ring (bicyclic) bond motifs is 3. The molecule has 0 aliphatic carbocycles. The van der Waals surface area contributed by atoms with E-state index in [-0.39, 0.29) is 0 Å². The lowest BCUT2D eigenvalue weighted by Gasteiger charge is -2.12. The molecular weight excluding hydrogens is 302 g/mol. The summed E-state index contributed by atoms with van der Waals surface area (Å²) in [6.45, 7) is 2.78. The van der Waals surface area contributed by atoms with Gasteiger partial charge in [0.05, 0.1) is 12.3 Å². The number of aliphatic imine (C=N–C) groups is 1. The molecule has 112 valence electrons. The highest BCUT2D eigenvalue weighted by molar-refractivity contribution is 6.31. The summed E-state index contributed by atoms with van der Waals surface area (Å²) in [5.41, 5.74) is 8.18. The van der Waals surface area contributed by atoms with Crippen molar-refractivity contribution in [3.63, 3.8) is 0 Å². The second-order valence-electron chi connectivity index (χ2n) is 5.88. The number of rotatable bonds is 1. The topological polar surface area (TPSA) is 12.4 Å². The third kappa shape index (κ3) is 2.58.